The van der Waals surface area contributed by atoms with Gasteiger partial charge < -0.3 is 14.5 Å². The Balaban J connectivity index is 1.69. The van der Waals surface area contributed by atoms with Gasteiger partial charge in [-0.2, -0.15) is 0 Å². The van der Waals surface area contributed by atoms with E-state index in [2.05, 4.69) is 42.9 Å². The predicted octanol–water partition coefficient (Wildman–Crippen LogP) is 3.65. The van der Waals surface area contributed by atoms with Crippen molar-refractivity contribution < 1.29 is 9.53 Å². The van der Waals surface area contributed by atoms with E-state index in [1.807, 2.05) is 23.1 Å². The molecule has 1 fully saturated rings. The van der Waals surface area contributed by atoms with Crippen molar-refractivity contribution in [1.82, 2.24) is 14.9 Å². The summed E-state index contributed by atoms with van der Waals surface area (Å²) in [6, 6.07) is 9.95. The molecule has 7 heteroatoms. The highest BCUT2D eigenvalue weighted by Gasteiger charge is 2.18. The molecule has 6 nitrogen and oxygen atoms in total. The van der Waals surface area contributed by atoms with Gasteiger partial charge in [-0.25, -0.2) is 9.97 Å². The van der Waals surface area contributed by atoms with Crippen molar-refractivity contribution >= 4 is 23.5 Å². The lowest BCUT2D eigenvalue weighted by molar-refractivity contribution is 0.0303. The number of benzene rings is 1. The fraction of sp³-hybridized carbons (Fsp3) is 0.500. The van der Waals surface area contributed by atoms with Crippen LogP contribution in [0.5, 0.6) is 0 Å². The van der Waals surface area contributed by atoms with Gasteiger partial charge in [0, 0.05) is 49.8 Å². The zero-order valence-corrected chi connectivity index (χ0v) is 18.4. The van der Waals surface area contributed by atoms with Gasteiger partial charge >= 0.3 is 0 Å². The van der Waals surface area contributed by atoms with Crippen LogP contribution in [0.2, 0.25) is 0 Å². The Bertz CT molecular complexity index is 824. The van der Waals surface area contributed by atoms with E-state index in [0.717, 1.165) is 52.9 Å². The number of aromatic nitrogens is 2. The monoisotopic (exact) mass is 414 g/mol. The van der Waals surface area contributed by atoms with Gasteiger partial charge in [0.15, 0.2) is 5.16 Å². The minimum absolute atomic E-state index is 0.0767. The first-order valence-corrected chi connectivity index (χ1v) is 11.3. The summed E-state index contributed by atoms with van der Waals surface area (Å²) < 4.78 is 5.34. The minimum Gasteiger partial charge on any atom is -0.378 e. The lowest BCUT2D eigenvalue weighted by Crippen LogP contribution is -2.40. The predicted molar refractivity (Wildman–Crippen MR) is 118 cm³/mol. The number of aryl methyl sites for hydroxylation is 1. The molecule has 3 rings (SSSR count). The summed E-state index contributed by atoms with van der Waals surface area (Å²) in [5, 5.41) is 0.784. The van der Waals surface area contributed by atoms with Crippen LogP contribution in [0, 0.1) is 0 Å². The van der Waals surface area contributed by atoms with Gasteiger partial charge in [0.05, 0.1) is 13.2 Å². The van der Waals surface area contributed by atoms with Crippen LogP contribution in [0.4, 0.5) is 5.82 Å². The molecule has 1 amide bonds. The third-order valence-electron chi connectivity index (χ3n) is 4.90. The molecule has 2 heterocycles. The van der Waals surface area contributed by atoms with Crippen LogP contribution in [0.3, 0.4) is 0 Å². The number of morpholine rings is 1. The summed E-state index contributed by atoms with van der Waals surface area (Å²) in [5.74, 6) is 1.78. The summed E-state index contributed by atoms with van der Waals surface area (Å²) in [4.78, 5) is 26.2. The third-order valence-corrected chi connectivity index (χ3v) is 5.82. The van der Waals surface area contributed by atoms with E-state index in [1.165, 1.54) is 0 Å². The first-order valence-electron chi connectivity index (χ1n) is 10.3. The van der Waals surface area contributed by atoms with Crippen molar-refractivity contribution in [3.8, 4) is 0 Å². The van der Waals surface area contributed by atoms with Gasteiger partial charge in [-0.05, 0) is 30.5 Å². The highest BCUT2D eigenvalue weighted by molar-refractivity contribution is 7.98. The molecule has 0 radical (unpaired) electrons. The average molecular weight is 415 g/mol. The number of carbonyl (C=O) groups is 1. The van der Waals surface area contributed by atoms with Gasteiger partial charge in [0.1, 0.15) is 5.82 Å². The summed E-state index contributed by atoms with van der Waals surface area (Å²) in [6.07, 6.45) is 1.96. The maximum absolute atomic E-state index is 12.7. The quantitative estimate of drug-likeness (QED) is 0.485. The summed E-state index contributed by atoms with van der Waals surface area (Å²) in [7, 11) is 2.07. The van der Waals surface area contributed by atoms with E-state index < -0.39 is 0 Å². The van der Waals surface area contributed by atoms with Crippen LogP contribution >= 0.6 is 11.8 Å². The topological polar surface area (TPSA) is 58.6 Å². The standard InChI is InChI=1S/C22H30N4O2S/c1-4-9-25(3)20-15-19(5-2)23-22(24-20)29-16-17-7-6-8-18(14-17)21(27)26-10-12-28-13-11-26/h6-8,14-15H,4-5,9-13,16H2,1-3H3. The Morgan fingerprint density at radius 3 is 2.72 bits per heavy atom. The smallest absolute Gasteiger partial charge is 0.254 e. The molecule has 2 aromatic rings. The number of nitrogens with zero attached hydrogens (tertiary/aromatic N) is 4. The van der Waals surface area contributed by atoms with Gasteiger partial charge in [-0.1, -0.05) is 37.7 Å². The molecule has 29 heavy (non-hydrogen) atoms. The molecule has 1 aromatic heterocycles. The zero-order valence-electron chi connectivity index (χ0n) is 17.6. The Hall–Kier alpha value is -2.12. The van der Waals surface area contributed by atoms with Crippen molar-refractivity contribution in [3.05, 3.63) is 47.2 Å². The molecule has 1 aliphatic heterocycles. The number of anilines is 1. The Kier molecular flexibility index (Phi) is 7.89. The lowest BCUT2D eigenvalue weighted by Gasteiger charge is -2.27. The molecule has 1 saturated heterocycles. The van der Waals surface area contributed by atoms with E-state index in [1.54, 1.807) is 11.8 Å². The van der Waals surface area contributed by atoms with Gasteiger partial charge in [0.25, 0.3) is 5.91 Å². The van der Waals surface area contributed by atoms with Crippen LogP contribution in [0.1, 0.15) is 41.9 Å². The fourth-order valence-corrected chi connectivity index (χ4v) is 4.06. The number of ether oxygens (including phenoxy) is 1. The van der Waals surface area contributed by atoms with E-state index in [9.17, 15) is 4.79 Å². The second-order valence-electron chi connectivity index (χ2n) is 7.17. The van der Waals surface area contributed by atoms with E-state index in [0.29, 0.717) is 26.3 Å². The van der Waals surface area contributed by atoms with Crippen molar-refractivity contribution in [2.45, 2.75) is 37.6 Å². The molecule has 1 aliphatic rings. The van der Waals surface area contributed by atoms with Crippen LogP contribution < -0.4 is 4.90 Å². The van der Waals surface area contributed by atoms with Gasteiger partial charge in [-0.15, -0.1) is 0 Å². The molecule has 0 unspecified atom stereocenters. The van der Waals surface area contributed by atoms with E-state index >= 15 is 0 Å². The van der Waals surface area contributed by atoms with Crippen molar-refractivity contribution in [3.63, 3.8) is 0 Å². The minimum atomic E-state index is 0.0767. The number of carbonyl (C=O) groups excluding carboxylic acids is 1. The summed E-state index contributed by atoms with van der Waals surface area (Å²) in [5.41, 5.74) is 2.89. The lowest BCUT2D eigenvalue weighted by atomic mass is 10.1. The second kappa shape index (κ2) is 10.6. The molecule has 156 valence electrons. The number of rotatable bonds is 8. The zero-order chi connectivity index (χ0) is 20.6. The fourth-order valence-electron chi connectivity index (χ4n) is 3.24. The molecular weight excluding hydrogens is 384 g/mol. The number of hydrogen-bond acceptors (Lipinski definition) is 6. The average Bonchev–Trinajstić information content (AvgIpc) is 2.78. The molecule has 0 saturated carbocycles. The molecule has 0 aliphatic carbocycles. The molecule has 0 atom stereocenters. The van der Waals surface area contributed by atoms with Crippen LogP contribution in [0.15, 0.2) is 35.5 Å². The Labute approximate surface area is 177 Å². The molecule has 0 spiro atoms. The molecule has 1 aromatic carbocycles. The van der Waals surface area contributed by atoms with Crippen LogP contribution in [-0.2, 0) is 16.9 Å². The first kappa shape index (κ1) is 21.6. The van der Waals surface area contributed by atoms with Crippen molar-refractivity contribution in [2.75, 3.05) is 44.8 Å². The number of hydrogen-bond donors (Lipinski definition) is 0. The Morgan fingerprint density at radius 2 is 2.00 bits per heavy atom. The maximum atomic E-state index is 12.7. The number of amides is 1. The Morgan fingerprint density at radius 1 is 1.21 bits per heavy atom. The maximum Gasteiger partial charge on any atom is 0.254 e. The van der Waals surface area contributed by atoms with Crippen LogP contribution in [-0.4, -0.2) is 60.7 Å². The molecule has 0 bridgehead atoms. The van der Waals surface area contributed by atoms with Gasteiger partial charge in [-0.3, -0.25) is 4.79 Å². The largest absolute Gasteiger partial charge is 0.378 e. The first-order chi connectivity index (χ1) is 14.1. The molecule has 0 N–H and O–H groups in total. The summed E-state index contributed by atoms with van der Waals surface area (Å²) >= 11 is 1.61. The SMILES string of the molecule is CCCN(C)c1cc(CC)nc(SCc2cccc(C(=O)N3CCOCC3)c2)n1. The van der Waals surface area contributed by atoms with E-state index in [-0.39, 0.29) is 5.91 Å². The second-order valence-corrected chi connectivity index (χ2v) is 8.11. The van der Waals surface area contributed by atoms with Gasteiger partial charge in [0.2, 0.25) is 0 Å². The normalized spacial score (nSPS) is 14.1. The highest BCUT2D eigenvalue weighted by Crippen LogP contribution is 2.23. The van der Waals surface area contributed by atoms with Crippen molar-refractivity contribution in [1.29, 1.82) is 0 Å². The van der Waals surface area contributed by atoms with Crippen LogP contribution in [0.25, 0.3) is 0 Å². The third kappa shape index (κ3) is 5.93. The molecular formula is C22H30N4O2S. The summed E-state index contributed by atoms with van der Waals surface area (Å²) in [6.45, 7) is 7.78. The van der Waals surface area contributed by atoms with E-state index in [4.69, 9.17) is 9.72 Å². The number of thioether (sulfide) groups is 1. The highest BCUT2D eigenvalue weighted by atomic mass is 32.2. The van der Waals surface area contributed by atoms with Crippen molar-refractivity contribution in [2.24, 2.45) is 0 Å².